The Morgan fingerprint density at radius 2 is 2.06 bits per heavy atom. The largest absolute Gasteiger partial charge is 0.327 e. The van der Waals surface area contributed by atoms with Crippen LogP contribution in [0.25, 0.3) is 0 Å². The van der Waals surface area contributed by atoms with Crippen LogP contribution >= 0.6 is 0 Å². The lowest BCUT2D eigenvalue weighted by atomic mass is 10.1. The highest BCUT2D eigenvalue weighted by Gasteiger charge is 2.37. The molecule has 4 heterocycles. The minimum absolute atomic E-state index is 0.0743. The third kappa shape index (κ3) is 3.94. The molecule has 3 aromatic rings. The molecule has 1 saturated heterocycles. The number of benzene rings is 1. The van der Waals surface area contributed by atoms with Crippen molar-refractivity contribution in [1.29, 1.82) is 0 Å². The number of rotatable bonds is 5. The van der Waals surface area contributed by atoms with E-state index in [1.807, 2.05) is 6.92 Å². The molecule has 0 radical (unpaired) electrons. The van der Waals surface area contributed by atoms with Crippen molar-refractivity contribution in [3.63, 3.8) is 0 Å². The first-order chi connectivity index (χ1) is 16.0. The summed E-state index contributed by atoms with van der Waals surface area (Å²) in [5.41, 5.74) is 2.36. The smallest absolute Gasteiger partial charge is 0.274 e. The molecular formula is C24H23FN6O2. The van der Waals surface area contributed by atoms with Gasteiger partial charge in [-0.1, -0.05) is 18.2 Å². The lowest BCUT2D eigenvalue weighted by Gasteiger charge is -2.24. The lowest BCUT2D eigenvalue weighted by molar-refractivity contribution is -0.117. The van der Waals surface area contributed by atoms with Crippen molar-refractivity contribution in [3.8, 4) is 0 Å². The molecule has 0 aliphatic carbocycles. The van der Waals surface area contributed by atoms with Crippen LogP contribution in [0, 0.1) is 12.7 Å². The molecule has 2 amide bonds. The summed E-state index contributed by atoms with van der Waals surface area (Å²) in [6.07, 6.45) is 6.64. The van der Waals surface area contributed by atoms with Crippen LogP contribution in [0.1, 0.15) is 52.0 Å². The average Bonchev–Trinajstić information content (AvgIpc) is 3.43. The number of carbonyl (C=O) groups excluding carboxylic acids is 2. The minimum Gasteiger partial charge on any atom is -0.327 e. The third-order valence-electron chi connectivity index (χ3n) is 6.25. The monoisotopic (exact) mass is 446 g/mol. The molecule has 2 aliphatic rings. The van der Waals surface area contributed by atoms with Crippen molar-refractivity contribution in [2.45, 2.75) is 38.6 Å². The highest BCUT2D eigenvalue weighted by molar-refractivity contribution is 6.00. The Kier molecular flexibility index (Phi) is 5.53. The summed E-state index contributed by atoms with van der Waals surface area (Å²) in [6.45, 7) is 2.77. The van der Waals surface area contributed by atoms with Crippen molar-refractivity contribution in [1.82, 2.24) is 24.8 Å². The normalized spacial score (nSPS) is 17.5. The maximum Gasteiger partial charge on any atom is 0.274 e. The molecule has 1 fully saturated rings. The summed E-state index contributed by atoms with van der Waals surface area (Å²) in [5.74, 6) is 0.520. The first kappa shape index (κ1) is 21.1. The van der Waals surface area contributed by atoms with Crippen molar-refractivity contribution in [3.05, 3.63) is 77.0 Å². The Bertz CT molecular complexity index is 1220. The molecule has 168 valence electrons. The van der Waals surface area contributed by atoms with Gasteiger partial charge in [0.05, 0.1) is 18.7 Å². The number of fused-ring (bicyclic) bond motifs is 1. The number of likely N-dealkylation sites (tertiary alicyclic amines) is 1. The zero-order chi connectivity index (χ0) is 22.9. The van der Waals surface area contributed by atoms with Crippen LogP contribution in [-0.4, -0.2) is 49.7 Å². The molecule has 0 saturated carbocycles. The number of hydrogen-bond donors (Lipinski definition) is 0. The van der Waals surface area contributed by atoms with E-state index in [9.17, 15) is 14.0 Å². The fourth-order valence-corrected chi connectivity index (χ4v) is 4.55. The maximum atomic E-state index is 14.1. The van der Waals surface area contributed by atoms with Crippen LogP contribution in [0.5, 0.6) is 0 Å². The molecule has 1 aromatic carbocycles. The number of nitrogens with zero attached hydrogens (tertiary/aromatic N) is 6. The molecule has 8 nitrogen and oxygen atoms in total. The minimum atomic E-state index is -0.298. The molecular weight excluding hydrogens is 423 g/mol. The highest BCUT2D eigenvalue weighted by atomic mass is 19.1. The second-order valence-electron chi connectivity index (χ2n) is 8.28. The van der Waals surface area contributed by atoms with E-state index in [4.69, 9.17) is 4.98 Å². The Labute approximate surface area is 190 Å². The fourth-order valence-electron chi connectivity index (χ4n) is 4.55. The van der Waals surface area contributed by atoms with E-state index in [-0.39, 0.29) is 35.8 Å². The SMILES string of the molecule is Cc1nc([C@@H]2CCCN2C(=O)c2cnccn2)nc2c1CC(=O)N2CCc1ccccc1F. The topological polar surface area (TPSA) is 92.2 Å². The third-order valence-corrected chi connectivity index (χ3v) is 6.25. The second-order valence-corrected chi connectivity index (χ2v) is 8.28. The second kappa shape index (κ2) is 8.65. The van der Waals surface area contributed by atoms with E-state index in [2.05, 4.69) is 15.0 Å². The fraction of sp³-hybridized carbons (Fsp3) is 0.333. The Balaban J connectivity index is 1.43. The number of aromatic nitrogens is 4. The van der Waals surface area contributed by atoms with Gasteiger partial charge in [0.1, 0.15) is 17.3 Å². The van der Waals surface area contributed by atoms with E-state index in [1.54, 1.807) is 28.0 Å². The molecule has 0 N–H and O–H groups in total. The van der Waals surface area contributed by atoms with Crippen molar-refractivity contribution in [2.24, 2.45) is 0 Å². The van der Waals surface area contributed by atoms with Crippen molar-refractivity contribution in [2.75, 3.05) is 18.0 Å². The van der Waals surface area contributed by atoms with Gasteiger partial charge in [-0.3, -0.25) is 19.5 Å². The predicted molar refractivity (Wildman–Crippen MR) is 118 cm³/mol. The van der Waals surface area contributed by atoms with Gasteiger partial charge in [0.25, 0.3) is 5.91 Å². The molecule has 0 bridgehead atoms. The van der Waals surface area contributed by atoms with Gasteiger partial charge >= 0.3 is 0 Å². The van der Waals surface area contributed by atoms with Crippen LogP contribution in [-0.2, 0) is 17.6 Å². The van der Waals surface area contributed by atoms with Crippen LogP contribution < -0.4 is 4.90 Å². The summed E-state index contributed by atoms with van der Waals surface area (Å²) >= 11 is 0. The van der Waals surface area contributed by atoms with Gasteiger partial charge in [0.2, 0.25) is 5.91 Å². The highest BCUT2D eigenvalue weighted by Crippen LogP contribution is 2.35. The summed E-state index contributed by atoms with van der Waals surface area (Å²) in [4.78, 5) is 46.7. The number of amides is 2. The number of aryl methyl sites for hydroxylation is 1. The summed E-state index contributed by atoms with van der Waals surface area (Å²) in [6, 6.07) is 6.27. The molecule has 0 spiro atoms. The van der Waals surface area contributed by atoms with Gasteiger partial charge < -0.3 is 4.90 Å². The first-order valence-corrected chi connectivity index (χ1v) is 11.0. The number of carbonyl (C=O) groups is 2. The van der Waals surface area contributed by atoms with Gasteiger partial charge in [-0.2, -0.15) is 0 Å². The molecule has 2 aromatic heterocycles. The number of anilines is 1. The van der Waals surface area contributed by atoms with Crippen LogP contribution in [0.4, 0.5) is 10.2 Å². The van der Waals surface area contributed by atoms with Gasteiger partial charge in [-0.15, -0.1) is 0 Å². The maximum absolute atomic E-state index is 14.1. The summed E-state index contributed by atoms with van der Waals surface area (Å²) in [7, 11) is 0. The Hall–Kier alpha value is -3.75. The first-order valence-electron chi connectivity index (χ1n) is 11.0. The van der Waals surface area contributed by atoms with Gasteiger partial charge in [0.15, 0.2) is 5.82 Å². The molecule has 9 heteroatoms. The van der Waals surface area contributed by atoms with Gasteiger partial charge in [-0.25, -0.2) is 19.3 Å². The zero-order valence-electron chi connectivity index (χ0n) is 18.2. The molecule has 5 rings (SSSR count). The van der Waals surface area contributed by atoms with Crippen LogP contribution in [0.2, 0.25) is 0 Å². The van der Waals surface area contributed by atoms with Crippen molar-refractivity contribution >= 4 is 17.6 Å². The van der Waals surface area contributed by atoms with Gasteiger partial charge in [-0.05, 0) is 37.8 Å². The summed E-state index contributed by atoms with van der Waals surface area (Å²) < 4.78 is 14.1. The number of hydrogen-bond acceptors (Lipinski definition) is 6. The van der Waals surface area contributed by atoms with Crippen molar-refractivity contribution < 1.29 is 14.0 Å². The molecule has 2 aliphatic heterocycles. The summed E-state index contributed by atoms with van der Waals surface area (Å²) in [5, 5.41) is 0. The average molecular weight is 446 g/mol. The van der Waals surface area contributed by atoms with Crippen LogP contribution in [0.15, 0.2) is 42.9 Å². The van der Waals surface area contributed by atoms with Gasteiger partial charge in [0, 0.05) is 36.7 Å². The molecule has 0 unspecified atom stereocenters. The Morgan fingerprint density at radius 1 is 1.21 bits per heavy atom. The van der Waals surface area contributed by atoms with Crippen LogP contribution in [0.3, 0.4) is 0 Å². The molecule has 1 atom stereocenters. The standard InChI is InChI=1S/C24H23FN6O2/c1-15-17-13-21(32)31(12-8-16-5-2-3-6-18(16)25)23(17)29-22(28-15)20-7-4-11-30(20)24(33)19-14-26-9-10-27-19/h2-3,5-6,9-10,14,20H,4,7-8,11-13H2,1H3/t20-/m0/s1. The van der Waals surface area contributed by atoms with E-state index in [0.717, 1.165) is 24.1 Å². The zero-order valence-corrected chi connectivity index (χ0v) is 18.2. The predicted octanol–water partition coefficient (Wildman–Crippen LogP) is 2.82. The quantitative estimate of drug-likeness (QED) is 0.599. The van der Waals surface area contributed by atoms with E-state index >= 15 is 0 Å². The Morgan fingerprint density at radius 3 is 2.85 bits per heavy atom. The van der Waals surface area contributed by atoms with E-state index in [0.29, 0.717) is 36.7 Å². The van der Waals surface area contributed by atoms with E-state index < -0.39 is 0 Å². The lowest BCUT2D eigenvalue weighted by Crippen LogP contribution is -2.33. The number of halogens is 1. The molecule has 33 heavy (non-hydrogen) atoms. The van der Waals surface area contributed by atoms with E-state index in [1.165, 1.54) is 24.7 Å².